The second-order valence-corrected chi connectivity index (χ2v) is 6.07. The quantitative estimate of drug-likeness (QED) is 0.910. The fourth-order valence-corrected chi connectivity index (χ4v) is 2.82. The van der Waals surface area contributed by atoms with Gasteiger partial charge in [0.25, 0.3) is 10.0 Å². The molecular formula is C13H12ClFN2O2S. The van der Waals surface area contributed by atoms with E-state index in [1.165, 1.54) is 30.3 Å². The minimum Gasteiger partial charge on any atom is -0.388 e. The van der Waals surface area contributed by atoms with Crippen molar-refractivity contribution in [2.24, 2.45) is 0 Å². The molecule has 2 aromatic rings. The summed E-state index contributed by atoms with van der Waals surface area (Å²) in [5.41, 5.74) is 0.591. The van der Waals surface area contributed by atoms with Gasteiger partial charge in [-0.25, -0.2) is 12.8 Å². The number of benzene rings is 2. The summed E-state index contributed by atoms with van der Waals surface area (Å²) in [4.78, 5) is 0.0378. The first-order valence-electron chi connectivity index (χ1n) is 5.68. The summed E-state index contributed by atoms with van der Waals surface area (Å²) < 4.78 is 40.1. The van der Waals surface area contributed by atoms with Crippen LogP contribution in [0.5, 0.6) is 0 Å². The lowest BCUT2D eigenvalue weighted by Crippen LogP contribution is -2.14. The van der Waals surface area contributed by atoms with Crippen molar-refractivity contribution in [1.29, 1.82) is 0 Å². The molecular weight excluding hydrogens is 303 g/mol. The van der Waals surface area contributed by atoms with Crippen LogP contribution in [0.4, 0.5) is 15.8 Å². The van der Waals surface area contributed by atoms with Crippen LogP contribution >= 0.6 is 11.6 Å². The van der Waals surface area contributed by atoms with Crippen molar-refractivity contribution in [2.45, 2.75) is 4.90 Å². The molecule has 0 aliphatic heterocycles. The molecule has 0 atom stereocenters. The molecule has 106 valence electrons. The normalized spacial score (nSPS) is 11.2. The van der Waals surface area contributed by atoms with E-state index >= 15 is 0 Å². The number of sulfonamides is 1. The highest BCUT2D eigenvalue weighted by Crippen LogP contribution is 2.25. The van der Waals surface area contributed by atoms with Gasteiger partial charge in [-0.05, 0) is 36.4 Å². The van der Waals surface area contributed by atoms with Gasteiger partial charge in [-0.1, -0.05) is 17.7 Å². The Morgan fingerprint density at radius 2 is 1.75 bits per heavy atom. The molecule has 0 bridgehead atoms. The van der Waals surface area contributed by atoms with Crippen molar-refractivity contribution in [2.75, 3.05) is 17.1 Å². The van der Waals surface area contributed by atoms with Crippen LogP contribution in [0, 0.1) is 5.82 Å². The largest absolute Gasteiger partial charge is 0.388 e. The first kappa shape index (κ1) is 14.6. The summed E-state index contributed by atoms with van der Waals surface area (Å²) in [6, 6.07) is 10.2. The van der Waals surface area contributed by atoms with E-state index < -0.39 is 15.8 Å². The molecule has 2 N–H and O–H groups in total. The molecule has 0 aromatic heterocycles. The number of halogens is 2. The molecule has 0 spiro atoms. The van der Waals surface area contributed by atoms with Crippen molar-refractivity contribution in [1.82, 2.24) is 0 Å². The van der Waals surface area contributed by atoms with Crippen LogP contribution in [0.15, 0.2) is 47.4 Å². The standard InChI is InChI=1S/C13H12ClFN2O2S/c1-16-9-5-7-10(8-6-9)20(18,19)17-12-4-2-3-11(14)13(12)15/h2-8,16-17H,1H3. The Balaban J connectivity index is 2.33. The predicted molar refractivity (Wildman–Crippen MR) is 78.2 cm³/mol. The molecule has 0 aliphatic rings. The van der Waals surface area contributed by atoms with Crippen molar-refractivity contribution in [3.8, 4) is 0 Å². The van der Waals surface area contributed by atoms with Crippen LogP contribution in [0.2, 0.25) is 5.02 Å². The van der Waals surface area contributed by atoms with Crippen LogP contribution in [0.3, 0.4) is 0 Å². The molecule has 2 aromatic carbocycles. The summed E-state index contributed by atoms with van der Waals surface area (Å²) >= 11 is 5.61. The third-order valence-corrected chi connectivity index (χ3v) is 4.32. The highest BCUT2D eigenvalue weighted by Gasteiger charge is 2.17. The third-order valence-electron chi connectivity index (χ3n) is 2.65. The fraction of sp³-hybridized carbons (Fsp3) is 0.0769. The molecule has 0 saturated carbocycles. The van der Waals surface area contributed by atoms with Crippen molar-refractivity contribution >= 4 is 33.0 Å². The molecule has 4 nitrogen and oxygen atoms in total. The lowest BCUT2D eigenvalue weighted by molar-refractivity contribution is 0.598. The van der Waals surface area contributed by atoms with Crippen molar-refractivity contribution in [3.63, 3.8) is 0 Å². The second-order valence-electron chi connectivity index (χ2n) is 3.98. The first-order chi connectivity index (χ1) is 9.44. The van der Waals surface area contributed by atoms with E-state index in [0.717, 1.165) is 5.69 Å². The van der Waals surface area contributed by atoms with E-state index in [1.54, 1.807) is 19.2 Å². The Morgan fingerprint density at radius 3 is 2.35 bits per heavy atom. The lowest BCUT2D eigenvalue weighted by Gasteiger charge is -2.10. The zero-order valence-corrected chi connectivity index (χ0v) is 12.1. The van der Waals surface area contributed by atoms with Gasteiger partial charge in [0.1, 0.15) is 0 Å². The Hall–Kier alpha value is -1.79. The smallest absolute Gasteiger partial charge is 0.261 e. The summed E-state index contributed by atoms with van der Waals surface area (Å²) in [7, 11) is -2.13. The van der Waals surface area contributed by atoms with Crippen LogP contribution in [0.1, 0.15) is 0 Å². The number of anilines is 2. The molecule has 20 heavy (non-hydrogen) atoms. The Morgan fingerprint density at radius 1 is 1.10 bits per heavy atom. The molecule has 0 aliphatic carbocycles. The van der Waals surface area contributed by atoms with Crippen molar-refractivity contribution in [3.05, 3.63) is 53.3 Å². The summed E-state index contributed by atoms with van der Waals surface area (Å²) in [6.07, 6.45) is 0. The number of hydrogen-bond donors (Lipinski definition) is 2. The first-order valence-corrected chi connectivity index (χ1v) is 7.55. The number of rotatable bonds is 4. The number of nitrogens with one attached hydrogen (secondary N) is 2. The molecule has 0 heterocycles. The zero-order chi connectivity index (χ0) is 14.8. The molecule has 2 rings (SSSR count). The van der Waals surface area contributed by atoms with Gasteiger partial charge in [-0.15, -0.1) is 0 Å². The minimum absolute atomic E-state index is 0.0378. The van der Waals surface area contributed by atoms with E-state index in [1.807, 2.05) is 0 Å². The van der Waals surface area contributed by atoms with Gasteiger partial charge in [-0.3, -0.25) is 4.72 Å². The Labute approximate surface area is 121 Å². The van der Waals surface area contributed by atoms with Gasteiger partial charge in [0.05, 0.1) is 15.6 Å². The van der Waals surface area contributed by atoms with E-state index in [0.29, 0.717) is 0 Å². The maximum Gasteiger partial charge on any atom is 0.261 e. The topological polar surface area (TPSA) is 58.2 Å². The lowest BCUT2D eigenvalue weighted by atomic mass is 10.3. The average Bonchev–Trinajstić information content (AvgIpc) is 2.44. The summed E-state index contributed by atoms with van der Waals surface area (Å²) in [6.45, 7) is 0. The van der Waals surface area contributed by atoms with Crippen LogP contribution in [0.25, 0.3) is 0 Å². The SMILES string of the molecule is CNc1ccc(S(=O)(=O)Nc2cccc(Cl)c2F)cc1. The van der Waals surface area contributed by atoms with Gasteiger partial charge < -0.3 is 5.32 Å². The van der Waals surface area contributed by atoms with E-state index in [-0.39, 0.29) is 15.6 Å². The zero-order valence-electron chi connectivity index (χ0n) is 10.5. The molecule has 7 heteroatoms. The van der Waals surface area contributed by atoms with Crippen LogP contribution < -0.4 is 10.0 Å². The number of hydrogen-bond acceptors (Lipinski definition) is 3. The monoisotopic (exact) mass is 314 g/mol. The van der Waals surface area contributed by atoms with Gasteiger partial charge in [-0.2, -0.15) is 0 Å². The van der Waals surface area contributed by atoms with Gasteiger partial charge >= 0.3 is 0 Å². The molecule has 0 radical (unpaired) electrons. The van der Waals surface area contributed by atoms with E-state index in [2.05, 4.69) is 10.0 Å². The van der Waals surface area contributed by atoms with Crippen LogP contribution in [-0.4, -0.2) is 15.5 Å². The minimum atomic E-state index is -3.85. The maximum atomic E-state index is 13.7. The van der Waals surface area contributed by atoms with Gasteiger partial charge in [0, 0.05) is 12.7 Å². The fourth-order valence-electron chi connectivity index (χ4n) is 1.59. The van der Waals surface area contributed by atoms with E-state index in [9.17, 15) is 12.8 Å². The highest BCUT2D eigenvalue weighted by molar-refractivity contribution is 7.92. The molecule has 0 fully saturated rings. The third kappa shape index (κ3) is 3.02. The van der Waals surface area contributed by atoms with E-state index in [4.69, 9.17) is 11.6 Å². The predicted octanol–water partition coefficient (Wildman–Crippen LogP) is 3.32. The maximum absolute atomic E-state index is 13.7. The van der Waals surface area contributed by atoms with Gasteiger partial charge in [0.15, 0.2) is 5.82 Å². The van der Waals surface area contributed by atoms with Crippen molar-refractivity contribution < 1.29 is 12.8 Å². The molecule has 0 saturated heterocycles. The molecule has 0 amide bonds. The highest BCUT2D eigenvalue weighted by atomic mass is 35.5. The Bertz CT molecular complexity index is 718. The summed E-state index contributed by atoms with van der Waals surface area (Å²) in [5, 5.41) is 2.74. The summed E-state index contributed by atoms with van der Waals surface area (Å²) in [5.74, 6) is -0.801. The molecule has 0 unspecified atom stereocenters. The average molecular weight is 315 g/mol. The second kappa shape index (κ2) is 5.68. The Kier molecular flexibility index (Phi) is 4.15. The van der Waals surface area contributed by atoms with Crippen LogP contribution in [-0.2, 0) is 10.0 Å². The van der Waals surface area contributed by atoms with Gasteiger partial charge in [0.2, 0.25) is 0 Å².